The Hall–Kier alpha value is -0.970. The number of alkyl halides is 3. The lowest BCUT2D eigenvalue weighted by atomic mass is 10.1. The number of rotatable bonds is 1. The van der Waals surface area contributed by atoms with Gasteiger partial charge in [-0.05, 0) is 19.4 Å². The van der Waals surface area contributed by atoms with Crippen LogP contribution >= 0.6 is 0 Å². The average molecular weight is 193 g/mol. The predicted octanol–water partition coefficient (Wildman–Crippen LogP) is 2.37. The van der Waals surface area contributed by atoms with E-state index in [1.807, 2.05) is 0 Å². The summed E-state index contributed by atoms with van der Waals surface area (Å²) in [5.74, 6) is -0.697. The van der Waals surface area contributed by atoms with E-state index >= 15 is 0 Å². The van der Waals surface area contributed by atoms with Gasteiger partial charge in [0.25, 0.3) is 0 Å². The number of aryl methyl sites for hydroxylation is 1. The summed E-state index contributed by atoms with van der Waals surface area (Å²) < 4.78 is 41.4. The Bertz CT molecular complexity index is 314. The van der Waals surface area contributed by atoms with Crippen molar-refractivity contribution in [3.05, 3.63) is 22.6 Å². The van der Waals surface area contributed by atoms with Crippen LogP contribution in [-0.2, 0) is 12.7 Å². The third-order valence-electron chi connectivity index (χ3n) is 1.97. The quantitative estimate of drug-likeness (QED) is 0.743. The molecule has 1 aromatic rings. The van der Waals surface area contributed by atoms with Gasteiger partial charge in [-0.25, -0.2) is 0 Å². The van der Waals surface area contributed by atoms with Crippen LogP contribution in [0, 0.1) is 13.8 Å². The number of hydrogen-bond donors (Lipinski definition) is 1. The molecule has 1 heterocycles. The SMILES string of the molecule is Cc1oc(C(F)(F)F)c(CN)c1C. The molecule has 1 rings (SSSR count). The molecule has 2 N–H and O–H groups in total. The number of hydrogen-bond acceptors (Lipinski definition) is 2. The Kier molecular flexibility index (Phi) is 2.38. The van der Waals surface area contributed by atoms with Crippen molar-refractivity contribution in [1.82, 2.24) is 0 Å². The highest BCUT2D eigenvalue weighted by atomic mass is 19.4. The fourth-order valence-electron chi connectivity index (χ4n) is 1.15. The number of halogens is 3. The number of furan rings is 1. The van der Waals surface area contributed by atoms with Gasteiger partial charge >= 0.3 is 6.18 Å². The normalized spacial score (nSPS) is 12.2. The third kappa shape index (κ3) is 1.70. The lowest BCUT2D eigenvalue weighted by Crippen LogP contribution is -2.09. The van der Waals surface area contributed by atoms with E-state index in [0.29, 0.717) is 5.56 Å². The molecule has 5 heteroatoms. The Morgan fingerprint density at radius 3 is 2.15 bits per heavy atom. The standard InChI is InChI=1S/C8H10F3NO/c1-4-5(2)13-7(6(4)3-12)8(9,10)11/h3,12H2,1-2H3. The minimum Gasteiger partial charge on any atom is -0.456 e. The highest BCUT2D eigenvalue weighted by Crippen LogP contribution is 2.35. The zero-order valence-electron chi connectivity index (χ0n) is 7.33. The fraction of sp³-hybridized carbons (Fsp3) is 0.500. The highest BCUT2D eigenvalue weighted by Gasteiger charge is 2.38. The van der Waals surface area contributed by atoms with Gasteiger partial charge < -0.3 is 10.2 Å². The van der Waals surface area contributed by atoms with Crippen LogP contribution in [0.3, 0.4) is 0 Å². The van der Waals surface area contributed by atoms with E-state index in [0.717, 1.165) is 0 Å². The Balaban J connectivity index is 3.30. The maximum atomic E-state index is 12.3. The Labute approximate surface area is 73.5 Å². The van der Waals surface area contributed by atoms with Gasteiger partial charge in [-0.2, -0.15) is 13.2 Å². The zero-order chi connectivity index (χ0) is 10.2. The van der Waals surface area contributed by atoms with Gasteiger partial charge in [-0.3, -0.25) is 0 Å². The first kappa shape index (κ1) is 10.1. The summed E-state index contributed by atoms with van der Waals surface area (Å²) in [4.78, 5) is 0. The van der Waals surface area contributed by atoms with E-state index in [2.05, 4.69) is 4.42 Å². The Morgan fingerprint density at radius 1 is 1.31 bits per heavy atom. The molecule has 74 valence electrons. The van der Waals surface area contributed by atoms with Gasteiger partial charge in [-0.1, -0.05) is 0 Å². The van der Waals surface area contributed by atoms with Crippen LogP contribution < -0.4 is 5.73 Å². The lowest BCUT2D eigenvalue weighted by molar-refractivity contribution is -0.154. The zero-order valence-corrected chi connectivity index (χ0v) is 7.33. The van der Waals surface area contributed by atoms with Crippen molar-refractivity contribution in [3.63, 3.8) is 0 Å². The van der Waals surface area contributed by atoms with E-state index in [4.69, 9.17) is 5.73 Å². The summed E-state index contributed by atoms with van der Waals surface area (Å²) in [6, 6.07) is 0. The molecule has 2 nitrogen and oxygen atoms in total. The molecule has 0 aromatic carbocycles. The molecule has 13 heavy (non-hydrogen) atoms. The van der Waals surface area contributed by atoms with Crippen molar-refractivity contribution in [2.75, 3.05) is 0 Å². The number of nitrogens with two attached hydrogens (primary N) is 1. The fourth-order valence-corrected chi connectivity index (χ4v) is 1.15. The monoisotopic (exact) mass is 193 g/mol. The minimum atomic E-state index is -4.45. The summed E-state index contributed by atoms with van der Waals surface area (Å²) in [6.07, 6.45) is -4.45. The van der Waals surface area contributed by atoms with Crippen molar-refractivity contribution < 1.29 is 17.6 Å². The predicted molar refractivity (Wildman–Crippen MR) is 41.1 cm³/mol. The van der Waals surface area contributed by atoms with Gasteiger partial charge in [0.15, 0.2) is 0 Å². The van der Waals surface area contributed by atoms with Gasteiger partial charge in [-0.15, -0.1) is 0 Å². The van der Waals surface area contributed by atoms with Gasteiger partial charge in [0, 0.05) is 12.1 Å². The van der Waals surface area contributed by atoms with Crippen LogP contribution in [0.4, 0.5) is 13.2 Å². The van der Waals surface area contributed by atoms with Crippen LogP contribution in [0.2, 0.25) is 0 Å². The summed E-state index contributed by atoms with van der Waals surface area (Å²) in [6.45, 7) is 2.90. The van der Waals surface area contributed by atoms with Crippen molar-refractivity contribution in [2.24, 2.45) is 5.73 Å². The molecule has 0 radical (unpaired) electrons. The largest absolute Gasteiger partial charge is 0.456 e. The first-order valence-electron chi connectivity index (χ1n) is 3.74. The first-order chi connectivity index (χ1) is 5.88. The van der Waals surface area contributed by atoms with Crippen molar-refractivity contribution in [1.29, 1.82) is 0 Å². The van der Waals surface area contributed by atoms with Gasteiger partial charge in [0.05, 0.1) is 0 Å². The molecule has 0 aliphatic heterocycles. The topological polar surface area (TPSA) is 39.2 Å². The first-order valence-corrected chi connectivity index (χ1v) is 3.74. The molecule has 0 spiro atoms. The van der Waals surface area contributed by atoms with Gasteiger partial charge in [0.1, 0.15) is 5.76 Å². The Morgan fingerprint density at radius 2 is 1.85 bits per heavy atom. The molecule has 0 amide bonds. The maximum Gasteiger partial charge on any atom is 0.449 e. The van der Waals surface area contributed by atoms with Crippen LogP contribution in [0.25, 0.3) is 0 Å². The molecule has 0 saturated heterocycles. The van der Waals surface area contributed by atoms with E-state index in [1.54, 1.807) is 6.92 Å². The average Bonchev–Trinajstić information content (AvgIpc) is 2.28. The molecule has 0 unspecified atom stereocenters. The summed E-state index contributed by atoms with van der Waals surface area (Å²) in [5, 5.41) is 0. The molecule has 0 bridgehead atoms. The van der Waals surface area contributed by atoms with Crippen LogP contribution in [0.1, 0.15) is 22.6 Å². The molecule has 0 atom stereocenters. The molecular formula is C8H10F3NO. The van der Waals surface area contributed by atoms with Crippen LogP contribution in [-0.4, -0.2) is 0 Å². The molecule has 0 aliphatic carbocycles. The molecular weight excluding hydrogens is 183 g/mol. The van der Waals surface area contributed by atoms with Crippen molar-refractivity contribution in [2.45, 2.75) is 26.6 Å². The van der Waals surface area contributed by atoms with E-state index in [9.17, 15) is 13.2 Å². The second-order valence-electron chi connectivity index (χ2n) is 2.79. The van der Waals surface area contributed by atoms with Gasteiger partial charge in [0.2, 0.25) is 5.76 Å². The van der Waals surface area contributed by atoms with Crippen molar-refractivity contribution >= 4 is 0 Å². The second-order valence-corrected chi connectivity index (χ2v) is 2.79. The smallest absolute Gasteiger partial charge is 0.449 e. The lowest BCUT2D eigenvalue weighted by Gasteiger charge is -2.04. The van der Waals surface area contributed by atoms with E-state index in [1.165, 1.54) is 6.92 Å². The second kappa shape index (κ2) is 3.06. The van der Waals surface area contributed by atoms with Crippen molar-refractivity contribution in [3.8, 4) is 0 Å². The minimum absolute atomic E-state index is 0.0463. The summed E-state index contributed by atoms with van der Waals surface area (Å²) in [5.41, 5.74) is 5.73. The molecule has 0 fully saturated rings. The summed E-state index contributed by atoms with van der Waals surface area (Å²) in [7, 11) is 0. The van der Waals surface area contributed by atoms with Crippen LogP contribution in [0.15, 0.2) is 4.42 Å². The third-order valence-corrected chi connectivity index (χ3v) is 1.97. The van der Waals surface area contributed by atoms with Crippen LogP contribution in [0.5, 0.6) is 0 Å². The maximum absolute atomic E-state index is 12.3. The summed E-state index contributed by atoms with van der Waals surface area (Å²) >= 11 is 0. The van der Waals surface area contributed by atoms with E-state index in [-0.39, 0.29) is 17.9 Å². The molecule has 0 aliphatic rings. The molecule has 1 aromatic heterocycles. The molecule has 0 saturated carbocycles. The van der Waals surface area contributed by atoms with E-state index < -0.39 is 11.9 Å². The highest BCUT2D eigenvalue weighted by molar-refractivity contribution is 5.33.